The molecule has 276 valence electrons. The van der Waals surface area contributed by atoms with E-state index in [-0.39, 0.29) is 19.4 Å². The number of amides is 5. The van der Waals surface area contributed by atoms with Crippen LogP contribution in [-0.2, 0) is 47.0 Å². The average molecular weight is 726 g/mol. The fourth-order valence-electron chi connectivity index (χ4n) is 7.14. The number of carbonyl (C=O) groups is 5. The second-order valence-electron chi connectivity index (χ2n) is 15.2. The van der Waals surface area contributed by atoms with E-state index in [0.29, 0.717) is 38.8 Å². The molecule has 2 saturated carbocycles. The van der Waals surface area contributed by atoms with Crippen molar-refractivity contribution in [2.75, 3.05) is 6.54 Å². The summed E-state index contributed by atoms with van der Waals surface area (Å²) >= 11 is 0. The van der Waals surface area contributed by atoms with Gasteiger partial charge in [-0.05, 0) is 68.6 Å². The van der Waals surface area contributed by atoms with E-state index >= 15 is 0 Å². The number of cyclic esters (lactones) is 1. The van der Waals surface area contributed by atoms with Crippen molar-refractivity contribution in [1.82, 2.24) is 25.2 Å². The number of hydrogen-bond donors (Lipinski definition) is 3. The van der Waals surface area contributed by atoms with E-state index in [0.717, 1.165) is 16.7 Å². The Balaban J connectivity index is 1.28. The number of hydrogen-bond acceptors (Lipinski definition) is 9. The molecule has 15 heteroatoms. The molecule has 2 aliphatic carbocycles. The largest absolute Gasteiger partial charge is 0.444 e. The third-order valence-electron chi connectivity index (χ3n) is 10.4. The van der Waals surface area contributed by atoms with Gasteiger partial charge in [0.05, 0.1) is 18.3 Å². The third-order valence-corrected chi connectivity index (χ3v) is 12.2. The summed E-state index contributed by atoms with van der Waals surface area (Å²) in [5.41, 5.74) is 0.498. The number of nitrogens with one attached hydrogen (secondary N) is 3. The van der Waals surface area contributed by atoms with E-state index in [9.17, 15) is 32.4 Å². The Labute approximate surface area is 298 Å². The van der Waals surface area contributed by atoms with Crippen LogP contribution in [0.3, 0.4) is 0 Å². The van der Waals surface area contributed by atoms with Gasteiger partial charge in [0.25, 0.3) is 5.91 Å². The summed E-state index contributed by atoms with van der Waals surface area (Å²) < 4.78 is 39.1. The summed E-state index contributed by atoms with van der Waals surface area (Å²) in [4.78, 5) is 71.3. The van der Waals surface area contributed by atoms with Crippen molar-refractivity contribution in [2.45, 2.75) is 114 Å². The molecule has 0 spiro atoms. The number of allylic oxidation sites excluding steroid dienone is 1. The van der Waals surface area contributed by atoms with E-state index in [1.807, 2.05) is 30.4 Å². The SMILES string of the molecule is C=C[C@H]1C[C@]1(NC(=O)[C@@H]1C[C@@H]2CN1C(=O)[C@H](C(C)C)NC(=O)OC(C)(C)CC/C=C/c1cccc3c1CN(C3)C(=O)O2)C(=O)NS(=O)(=O)C1CC1. The highest BCUT2D eigenvalue weighted by Gasteiger charge is 2.62. The molecule has 1 aromatic carbocycles. The number of sulfonamides is 1. The Morgan fingerprint density at radius 1 is 1.14 bits per heavy atom. The fraction of sp³-hybridized carbons (Fsp3) is 0.583. The molecule has 1 saturated heterocycles. The molecule has 0 unspecified atom stereocenters. The zero-order valence-corrected chi connectivity index (χ0v) is 30.3. The topological polar surface area (TPSA) is 181 Å². The van der Waals surface area contributed by atoms with Crippen molar-refractivity contribution < 1.29 is 41.9 Å². The van der Waals surface area contributed by atoms with Gasteiger partial charge in [0, 0.05) is 18.9 Å². The minimum Gasteiger partial charge on any atom is -0.444 e. The Morgan fingerprint density at radius 3 is 2.55 bits per heavy atom. The lowest BCUT2D eigenvalue weighted by molar-refractivity contribution is -0.142. The monoisotopic (exact) mass is 725 g/mol. The van der Waals surface area contributed by atoms with Gasteiger partial charge in [-0.25, -0.2) is 18.0 Å². The molecule has 0 radical (unpaired) electrons. The van der Waals surface area contributed by atoms with Gasteiger partial charge in [0.1, 0.15) is 29.3 Å². The van der Waals surface area contributed by atoms with Crippen LogP contribution in [0.15, 0.2) is 36.9 Å². The maximum Gasteiger partial charge on any atom is 0.410 e. The van der Waals surface area contributed by atoms with Gasteiger partial charge in [-0.2, -0.15) is 0 Å². The standard InChI is InChI=1S/C36H47N5O9S/c1-6-24-17-36(24,32(44)39-51(47,48)26-13-14-26)38-30(42)28-16-25-19-41(28)31(43)29(21(2)3)37-33(45)50-35(4,5)15-8-7-10-22-11-9-12-23-18-40(20-27(22)23)34(46)49-25/h6-7,9-12,21,24-26,28-29H,1,8,13-20H2,2-5H3,(H,37,45)(H,38,42)(H,39,44)/b10-7+/t24-,25+,28-,29-,36+/m0/s1. The van der Waals surface area contributed by atoms with Crippen LogP contribution in [0.1, 0.15) is 82.9 Å². The van der Waals surface area contributed by atoms with Crippen molar-refractivity contribution in [3.63, 3.8) is 0 Å². The maximum absolute atomic E-state index is 14.3. The van der Waals surface area contributed by atoms with Crippen LogP contribution in [0.5, 0.6) is 0 Å². The first kappa shape index (κ1) is 36.4. The molecule has 6 rings (SSSR count). The maximum atomic E-state index is 14.3. The highest BCUT2D eigenvalue weighted by molar-refractivity contribution is 7.91. The van der Waals surface area contributed by atoms with Crippen molar-refractivity contribution in [3.05, 3.63) is 53.6 Å². The van der Waals surface area contributed by atoms with Crippen LogP contribution >= 0.6 is 0 Å². The fourth-order valence-corrected chi connectivity index (χ4v) is 8.50. The van der Waals surface area contributed by atoms with Gasteiger partial charge in [0.15, 0.2) is 0 Å². The number of benzene rings is 1. The Hall–Kier alpha value is -4.40. The summed E-state index contributed by atoms with van der Waals surface area (Å²) in [5.74, 6) is -3.15. The summed E-state index contributed by atoms with van der Waals surface area (Å²) in [5, 5.41) is 4.77. The van der Waals surface area contributed by atoms with Crippen molar-refractivity contribution in [3.8, 4) is 0 Å². The molecule has 1 aromatic rings. The highest BCUT2D eigenvalue weighted by Crippen LogP contribution is 2.45. The lowest BCUT2D eigenvalue weighted by Gasteiger charge is -2.32. The van der Waals surface area contributed by atoms with E-state index in [1.165, 1.54) is 11.0 Å². The zero-order valence-electron chi connectivity index (χ0n) is 29.5. The summed E-state index contributed by atoms with van der Waals surface area (Å²) in [7, 11) is -3.91. The molecular formula is C36H47N5O9S. The van der Waals surface area contributed by atoms with E-state index in [4.69, 9.17) is 9.47 Å². The van der Waals surface area contributed by atoms with Gasteiger partial charge in [-0.15, -0.1) is 6.58 Å². The molecule has 51 heavy (non-hydrogen) atoms. The first-order valence-electron chi connectivity index (χ1n) is 17.6. The average Bonchev–Trinajstić information content (AvgIpc) is 3.95. The minimum atomic E-state index is -3.91. The molecular weight excluding hydrogens is 678 g/mol. The molecule has 5 aliphatic rings. The number of ether oxygens (including phenoxy) is 2. The second-order valence-corrected chi connectivity index (χ2v) is 17.2. The molecule has 3 N–H and O–H groups in total. The molecule has 0 aromatic heterocycles. The summed E-state index contributed by atoms with van der Waals surface area (Å²) in [6.07, 6.45) is 5.23. The summed E-state index contributed by atoms with van der Waals surface area (Å²) in [6, 6.07) is 3.55. The quantitative estimate of drug-likeness (QED) is 0.356. The van der Waals surface area contributed by atoms with Crippen LogP contribution < -0.4 is 15.4 Å². The van der Waals surface area contributed by atoms with Crippen LogP contribution in [0.25, 0.3) is 6.08 Å². The van der Waals surface area contributed by atoms with Gasteiger partial charge >= 0.3 is 12.2 Å². The van der Waals surface area contributed by atoms with E-state index < -0.39 is 86.3 Å². The smallest absolute Gasteiger partial charge is 0.410 e. The Morgan fingerprint density at radius 2 is 1.88 bits per heavy atom. The highest BCUT2D eigenvalue weighted by atomic mass is 32.2. The molecule has 3 aliphatic heterocycles. The van der Waals surface area contributed by atoms with Crippen molar-refractivity contribution in [1.29, 1.82) is 0 Å². The van der Waals surface area contributed by atoms with E-state index in [2.05, 4.69) is 21.9 Å². The number of nitrogens with zero attached hydrogens (tertiary/aromatic N) is 2. The lowest BCUT2D eigenvalue weighted by Crippen LogP contribution is -2.59. The number of carbonyl (C=O) groups excluding carboxylic acids is 5. The van der Waals surface area contributed by atoms with Gasteiger partial charge in [-0.3, -0.25) is 24.0 Å². The lowest BCUT2D eigenvalue weighted by atomic mass is 10.00. The van der Waals surface area contributed by atoms with Crippen LogP contribution in [0, 0.1) is 11.8 Å². The van der Waals surface area contributed by atoms with Gasteiger partial charge in [-0.1, -0.05) is 50.3 Å². The number of rotatable bonds is 7. The van der Waals surface area contributed by atoms with E-state index in [1.54, 1.807) is 32.6 Å². The van der Waals surface area contributed by atoms with Crippen LogP contribution in [0.2, 0.25) is 0 Å². The first-order chi connectivity index (χ1) is 24.0. The Bertz CT molecular complexity index is 1770. The predicted octanol–water partition coefficient (Wildman–Crippen LogP) is 3.11. The molecule has 3 heterocycles. The normalized spacial score (nSPS) is 29.9. The Kier molecular flexibility index (Phi) is 9.72. The van der Waals surface area contributed by atoms with Crippen molar-refractivity contribution in [2.24, 2.45) is 11.8 Å². The molecule has 3 fully saturated rings. The second kappa shape index (κ2) is 13.6. The summed E-state index contributed by atoms with van der Waals surface area (Å²) in [6.45, 7) is 11.3. The van der Waals surface area contributed by atoms with Crippen LogP contribution in [-0.4, -0.2) is 89.2 Å². The molecule has 5 amide bonds. The zero-order chi connectivity index (χ0) is 36.9. The predicted molar refractivity (Wildman–Crippen MR) is 186 cm³/mol. The first-order valence-corrected chi connectivity index (χ1v) is 19.1. The minimum absolute atomic E-state index is 0.0861. The van der Waals surface area contributed by atoms with Crippen LogP contribution in [0.4, 0.5) is 9.59 Å². The number of fused-ring (bicyclic) bond motifs is 3. The third kappa shape index (κ3) is 7.63. The molecule has 5 atom stereocenters. The number of alkyl carbamates (subject to hydrolysis) is 1. The molecule has 14 nitrogen and oxygen atoms in total. The van der Waals surface area contributed by atoms with Gasteiger partial charge in [0.2, 0.25) is 21.8 Å². The van der Waals surface area contributed by atoms with Gasteiger partial charge < -0.3 is 25.0 Å². The van der Waals surface area contributed by atoms with Crippen molar-refractivity contribution >= 4 is 46.0 Å². The molecule has 4 bridgehead atoms.